The number of anilines is 1. The zero-order valence-electron chi connectivity index (χ0n) is 12.9. The van der Waals surface area contributed by atoms with Crippen LogP contribution < -0.4 is 10.6 Å². The van der Waals surface area contributed by atoms with Crippen LogP contribution in [-0.2, 0) is 6.54 Å². The van der Waals surface area contributed by atoms with E-state index in [1.807, 2.05) is 31.2 Å². The maximum absolute atomic E-state index is 11.8. The Morgan fingerprint density at radius 3 is 2.62 bits per heavy atom. The molecule has 3 heteroatoms. The van der Waals surface area contributed by atoms with Crippen LogP contribution >= 0.6 is 0 Å². The SMILES string of the molecule is CCNC(=O)c1cccc(NCc2cccc(C)c2C)c1. The number of carbonyl (C=O) groups excluding carboxylic acids is 1. The lowest BCUT2D eigenvalue weighted by molar-refractivity contribution is 0.0956. The van der Waals surface area contributed by atoms with Crippen molar-refractivity contribution in [3.8, 4) is 0 Å². The van der Waals surface area contributed by atoms with E-state index in [-0.39, 0.29) is 5.91 Å². The number of rotatable bonds is 5. The lowest BCUT2D eigenvalue weighted by Crippen LogP contribution is -2.22. The van der Waals surface area contributed by atoms with Crippen molar-refractivity contribution in [3.63, 3.8) is 0 Å². The molecule has 0 aromatic heterocycles. The summed E-state index contributed by atoms with van der Waals surface area (Å²) in [6, 6.07) is 13.9. The van der Waals surface area contributed by atoms with Crippen molar-refractivity contribution < 1.29 is 4.79 Å². The fourth-order valence-electron chi connectivity index (χ4n) is 2.23. The lowest BCUT2D eigenvalue weighted by Gasteiger charge is -2.12. The van der Waals surface area contributed by atoms with Crippen LogP contribution in [0.25, 0.3) is 0 Å². The molecule has 0 radical (unpaired) electrons. The van der Waals surface area contributed by atoms with Crippen molar-refractivity contribution in [2.24, 2.45) is 0 Å². The van der Waals surface area contributed by atoms with Gasteiger partial charge in [-0.1, -0.05) is 24.3 Å². The largest absolute Gasteiger partial charge is 0.381 e. The third kappa shape index (κ3) is 3.85. The van der Waals surface area contributed by atoms with Gasteiger partial charge in [0.15, 0.2) is 0 Å². The van der Waals surface area contributed by atoms with Crippen LogP contribution in [-0.4, -0.2) is 12.5 Å². The van der Waals surface area contributed by atoms with Gasteiger partial charge in [0, 0.05) is 24.3 Å². The van der Waals surface area contributed by atoms with Gasteiger partial charge in [-0.3, -0.25) is 4.79 Å². The first kappa shape index (κ1) is 15.1. The predicted molar refractivity (Wildman–Crippen MR) is 87.7 cm³/mol. The van der Waals surface area contributed by atoms with Gasteiger partial charge in [-0.05, 0) is 55.7 Å². The highest BCUT2D eigenvalue weighted by Crippen LogP contribution is 2.16. The molecule has 1 amide bonds. The van der Waals surface area contributed by atoms with Gasteiger partial charge in [0.2, 0.25) is 0 Å². The van der Waals surface area contributed by atoms with Crippen molar-refractivity contribution >= 4 is 11.6 Å². The second-order valence-corrected chi connectivity index (χ2v) is 5.15. The van der Waals surface area contributed by atoms with Crippen LogP contribution in [0.1, 0.15) is 34.0 Å². The molecular weight excluding hydrogens is 260 g/mol. The average molecular weight is 282 g/mol. The van der Waals surface area contributed by atoms with Crippen LogP contribution in [0.5, 0.6) is 0 Å². The van der Waals surface area contributed by atoms with E-state index >= 15 is 0 Å². The molecule has 0 unspecified atom stereocenters. The molecule has 0 aliphatic carbocycles. The van der Waals surface area contributed by atoms with Gasteiger partial charge in [-0.25, -0.2) is 0 Å². The third-order valence-corrected chi connectivity index (χ3v) is 3.66. The van der Waals surface area contributed by atoms with E-state index in [9.17, 15) is 4.79 Å². The Bertz CT molecular complexity index is 635. The third-order valence-electron chi connectivity index (χ3n) is 3.66. The first-order valence-corrected chi connectivity index (χ1v) is 7.29. The number of carbonyl (C=O) groups is 1. The molecule has 0 atom stereocenters. The summed E-state index contributed by atoms with van der Waals surface area (Å²) in [7, 11) is 0. The van der Waals surface area contributed by atoms with Gasteiger partial charge in [0.25, 0.3) is 5.91 Å². The van der Waals surface area contributed by atoms with Gasteiger partial charge >= 0.3 is 0 Å². The van der Waals surface area contributed by atoms with Crippen molar-refractivity contribution in [1.29, 1.82) is 0 Å². The molecule has 0 bridgehead atoms. The number of benzene rings is 2. The molecule has 2 aromatic rings. The fraction of sp³-hybridized carbons (Fsp3) is 0.278. The van der Waals surface area contributed by atoms with E-state index in [0.29, 0.717) is 12.1 Å². The fourth-order valence-corrected chi connectivity index (χ4v) is 2.23. The van der Waals surface area contributed by atoms with E-state index in [0.717, 1.165) is 12.2 Å². The second-order valence-electron chi connectivity index (χ2n) is 5.15. The highest BCUT2D eigenvalue weighted by molar-refractivity contribution is 5.95. The highest BCUT2D eigenvalue weighted by atomic mass is 16.1. The summed E-state index contributed by atoms with van der Waals surface area (Å²) >= 11 is 0. The Labute approximate surface area is 126 Å². The molecule has 21 heavy (non-hydrogen) atoms. The van der Waals surface area contributed by atoms with E-state index in [1.165, 1.54) is 16.7 Å². The van der Waals surface area contributed by atoms with Gasteiger partial charge in [0.05, 0.1) is 0 Å². The predicted octanol–water partition coefficient (Wildman–Crippen LogP) is 3.67. The van der Waals surface area contributed by atoms with Crippen molar-refractivity contribution in [2.45, 2.75) is 27.3 Å². The van der Waals surface area contributed by atoms with Gasteiger partial charge in [-0.15, -0.1) is 0 Å². The van der Waals surface area contributed by atoms with E-state index < -0.39 is 0 Å². The molecule has 2 aromatic carbocycles. The summed E-state index contributed by atoms with van der Waals surface area (Å²) in [5.74, 6) is -0.0344. The van der Waals surface area contributed by atoms with E-state index in [4.69, 9.17) is 0 Å². The van der Waals surface area contributed by atoms with Crippen molar-refractivity contribution in [3.05, 3.63) is 64.7 Å². The maximum atomic E-state index is 11.8. The van der Waals surface area contributed by atoms with Crippen LogP contribution in [0.15, 0.2) is 42.5 Å². The summed E-state index contributed by atoms with van der Waals surface area (Å²) in [4.78, 5) is 11.8. The summed E-state index contributed by atoms with van der Waals surface area (Å²) in [6.07, 6.45) is 0. The average Bonchev–Trinajstić information content (AvgIpc) is 2.49. The van der Waals surface area contributed by atoms with Crippen LogP contribution in [0.4, 0.5) is 5.69 Å². The van der Waals surface area contributed by atoms with Crippen LogP contribution in [0, 0.1) is 13.8 Å². The first-order valence-electron chi connectivity index (χ1n) is 7.29. The molecular formula is C18H22N2O. The standard InChI is InChI=1S/C18H22N2O/c1-4-19-18(21)15-8-6-10-17(11-15)20-12-16-9-5-7-13(2)14(16)3/h5-11,20H,4,12H2,1-3H3,(H,19,21). The molecule has 0 aliphatic rings. The summed E-state index contributed by atoms with van der Waals surface area (Å²) in [5, 5.41) is 6.20. The number of hydrogen-bond acceptors (Lipinski definition) is 2. The van der Waals surface area contributed by atoms with Crippen molar-refractivity contribution in [1.82, 2.24) is 5.32 Å². The molecule has 0 saturated heterocycles. The molecule has 0 spiro atoms. The molecule has 0 heterocycles. The molecule has 0 aliphatic heterocycles. The Hall–Kier alpha value is -2.29. The minimum absolute atomic E-state index is 0.0344. The Morgan fingerprint density at radius 2 is 1.86 bits per heavy atom. The quantitative estimate of drug-likeness (QED) is 0.878. The molecule has 2 N–H and O–H groups in total. The second kappa shape index (κ2) is 6.93. The maximum Gasteiger partial charge on any atom is 0.251 e. The van der Waals surface area contributed by atoms with Crippen LogP contribution in [0.2, 0.25) is 0 Å². The summed E-state index contributed by atoms with van der Waals surface area (Å²) in [5.41, 5.74) is 5.52. The first-order chi connectivity index (χ1) is 10.1. The van der Waals surface area contributed by atoms with Gasteiger partial charge in [-0.2, -0.15) is 0 Å². The molecule has 3 nitrogen and oxygen atoms in total. The monoisotopic (exact) mass is 282 g/mol. The smallest absolute Gasteiger partial charge is 0.251 e. The summed E-state index contributed by atoms with van der Waals surface area (Å²) < 4.78 is 0. The van der Waals surface area contributed by atoms with E-state index in [2.05, 4.69) is 42.7 Å². The minimum atomic E-state index is -0.0344. The number of hydrogen-bond donors (Lipinski definition) is 2. The molecule has 0 fully saturated rings. The lowest BCUT2D eigenvalue weighted by atomic mass is 10.0. The molecule has 2 rings (SSSR count). The normalized spacial score (nSPS) is 10.2. The van der Waals surface area contributed by atoms with Gasteiger partial charge < -0.3 is 10.6 Å². The Kier molecular flexibility index (Phi) is 4.99. The number of amides is 1. The Balaban J connectivity index is 2.08. The zero-order chi connectivity index (χ0) is 15.2. The number of aryl methyl sites for hydroxylation is 1. The Morgan fingerprint density at radius 1 is 1.10 bits per heavy atom. The van der Waals surface area contributed by atoms with Crippen LogP contribution in [0.3, 0.4) is 0 Å². The number of nitrogens with one attached hydrogen (secondary N) is 2. The topological polar surface area (TPSA) is 41.1 Å². The van der Waals surface area contributed by atoms with E-state index in [1.54, 1.807) is 0 Å². The molecule has 110 valence electrons. The minimum Gasteiger partial charge on any atom is -0.381 e. The zero-order valence-corrected chi connectivity index (χ0v) is 12.9. The summed E-state index contributed by atoms with van der Waals surface area (Å²) in [6.45, 7) is 7.57. The molecule has 0 saturated carbocycles. The van der Waals surface area contributed by atoms with Crippen molar-refractivity contribution in [2.75, 3.05) is 11.9 Å². The van der Waals surface area contributed by atoms with Gasteiger partial charge in [0.1, 0.15) is 0 Å². The highest BCUT2D eigenvalue weighted by Gasteiger charge is 2.05.